The van der Waals surface area contributed by atoms with Gasteiger partial charge in [-0.3, -0.25) is 4.79 Å². The molecule has 0 aliphatic carbocycles. The fourth-order valence-electron chi connectivity index (χ4n) is 3.71. The molecule has 0 saturated carbocycles. The number of rotatable bonds is 10. The van der Waals surface area contributed by atoms with Gasteiger partial charge in [0.25, 0.3) is 0 Å². The van der Waals surface area contributed by atoms with Crippen LogP contribution in [-0.4, -0.2) is 13.0 Å². The van der Waals surface area contributed by atoms with Crippen LogP contribution in [0.1, 0.15) is 28.3 Å². The van der Waals surface area contributed by atoms with Crippen LogP contribution >= 0.6 is 0 Å². The number of hydrogen-bond donors (Lipinski definition) is 2. The Hall–Kier alpha value is -4.76. The zero-order chi connectivity index (χ0) is 25.2. The normalized spacial score (nSPS) is 11.1. The highest BCUT2D eigenvalue weighted by atomic mass is 16.5. The third-order valence-electron chi connectivity index (χ3n) is 5.65. The third kappa shape index (κ3) is 6.43. The molecular formula is C30H27N3O3. The molecule has 0 fully saturated rings. The Morgan fingerprint density at radius 1 is 0.861 bits per heavy atom. The van der Waals surface area contributed by atoms with E-state index in [1.807, 2.05) is 78.9 Å². The van der Waals surface area contributed by atoms with Crippen LogP contribution in [0, 0.1) is 11.3 Å². The predicted octanol–water partition coefficient (Wildman–Crippen LogP) is 5.62. The van der Waals surface area contributed by atoms with Crippen molar-refractivity contribution in [2.45, 2.75) is 19.2 Å². The summed E-state index contributed by atoms with van der Waals surface area (Å²) < 4.78 is 11.6. The van der Waals surface area contributed by atoms with Gasteiger partial charge in [-0.1, -0.05) is 66.7 Å². The lowest BCUT2D eigenvalue weighted by Gasteiger charge is -2.21. The summed E-state index contributed by atoms with van der Waals surface area (Å²) in [5.74, 6) is 0.932. The van der Waals surface area contributed by atoms with E-state index in [0.29, 0.717) is 35.8 Å². The number of nitriles is 1. The van der Waals surface area contributed by atoms with Gasteiger partial charge in [0.1, 0.15) is 12.6 Å². The van der Waals surface area contributed by atoms with Gasteiger partial charge in [0.2, 0.25) is 5.91 Å². The highest BCUT2D eigenvalue weighted by Gasteiger charge is 2.22. The Morgan fingerprint density at radius 2 is 1.53 bits per heavy atom. The van der Waals surface area contributed by atoms with E-state index in [0.717, 1.165) is 16.8 Å². The van der Waals surface area contributed by atoms with Crippen molar-refractivity contribution in [3.05, 3.63) is 125 Å². The minimum Gasteiger partial charge on any atom is -0.493 e. The van der Waals surface area contributed by atoms with Crippen LogP contribution in [0.4, 0.5) is 5.69 Å². The molecule has 1 atom stereocenters. The molecule has 0 heterocycles. The van der Waals surface area contributed by atoms with Crippen molar-refractivity contribution in [3.63, 3.8) is 0 Å². The van der Waals surface area contributed by atoms with Crippen molar-refractivity contribution in [1.29, 1.82) is 5.26 Å². The Labute approximate surface area is 211 Å². The monoisotopic (exact) mass is 477 g/mol. The summed E-state index contributed by atoms with van der Waals surface area (Å²) in [5, 5.41) is 15.4. The molecule has 0 saturated heterocycles. The van der Waals surface area contributed by atoms with E-state index in [9.17, 15) is 4.79 Å². The Morgan fingerprint density at radius 3 is 2.17 bits per heavy atom. The van der Waals surface area contributed by atoms with E-state index >= 15 is 0 Å². The predicted molar refractivity (Wildman–Crippen MR) is 140 cm³/mol. The van der Waals surface area contributed by atoms with Crippen molar-refractivity contribution >= 4 is 11.6 Å². The smallest absolute Gasteiger partial charge is 0.247 e. The second kappa shape index (κ2) is 12.1. The number of methoxy groups -OCH3 is 1. The van der Waals surface area contributed by atoms with Gasteiger partial charge in [0, 0.05) is 12.2 Å². The quantitative estimate of drug-likeness (QED) is 0.310. The lowest BCUT2D eigenvalue weighted by atomic mass is 10.0. The standard InChI is InChI=1S/C30H27N3O3/c1-35-28-18-25(14-17-27(28)36-21-24-10-6-3-7-11-24)29(33-26-15-12-22(19-31)13-16-26)30(34)32-20-23-8-4-2-5-9-23/h2-18,29,33H,20-21H2,1H3,(H,32,34)/t29-/m1/s1. The molecule has 0 aliphatic rings. The number of nitrogens with one attached hydrogen (secondary N) is 2. The van der Waals surface area contributed by atoms with Gasteiger partial charge in [-0.2, -0.15) is 5.26 Å². The summed E-state index contributed by atoms with van der Waals surface area (Å²) in [5.41, 5.74) is 4.03. The minimum absolute atomic E-state index is 0.191. The summed E-state index contributed by atoms with van der Waals surface area (Å²) in [6, 6.07) is 33.5. The summed E-state index contributed by atoms with van der Waals surface area (Å²) in [6.45, 7) is 0.807. The molecule has 6 nitrogen and oxygen atoms in total. The molecule has 0 spiro atoms. The molecule has 2 N–H and O–H groups in total. The van der Waals surface area contributed by atoms with Crippen LogP contribution in [0.25, 0.3) is 0 Å². The van der Waals surface area contributed by atoms with Crippen molar-refractivity contribution < 1.29 is 14.3 Å². The summed E-state index contributed by atoms with van der Waals surface area (Å²) in [7, 11) is 1.58. The SMILES string of the molecule is COc1cc([C@@H](Nc2ccc(C#N)cc2)C(=O)NCc2ccccc2)ccc1OCc1ccccc1. The number of anilines is 1. The number of nitrogens with zero attached hydrogens (tertiary/aromatic N) is 1. The van der Waals surface area contributed by atoms with Crippen molar-refractivity contribution in [3.8, 4) is 17.6 Å². The van der Waals surface area contributed by atoms with Gasteiger partial charge in [-0.15, -0.1) is 0 Å². The first-order valence-electron chi connectivity index (χ1n) is 11.6. The molecule has 1 amide bonds. The maximum absolute atomic E-state index is 13.3. The molecule has 4 aromatic rings. The number of hydrogen-bond acceptors (Lipinski definition) is 5. The van der Waals surface area contributed by atoms with E-state index < -0.39 is 6.04 Å². The van der Waals surface area contributed by atoms with Crippen molar-refractivity contribution in [1.82, 2.24) is 5.32 Å². The molecular weight excluding hydrogens is 450 g/mol. The van der Waals surface area contributed by atoms with Crippen molar-refractivity contribution in [2.75, 3.05) is 12.4 Å². The van der Waals surface area contributed by atoms with E-state index in [1.54, 1.807) is 31.4 Å². The first-order chi connectivity index (χ1) is 17.7. The zero-order valence-corrected chi connectivity index (χ0v) is 20.0. The molecule has 4 aromatic carbocycles. The summed E-state index contributed by atoms with van der Waals surface area (Å²) in [4.78, 5) is 13.3. The lowest BCUT2D eigenvalue weighted by molar-refractivity contribution is -0.122. The molecule has 0 aliphatic heterocycles. The van der Waals surface area contributed by atoms with Gasteiger partial charge in [0.15, 0.2) is 11.5 Å². The third-order valence-corrected chi connectivity index (χ3v) is 5.65. The highest BCUT2D eigenvalue weighted by Crippen LogP contribution is 2.32. The molecule has 0 aromatic heterocycles. The Balaban J connectivity index is 1.56. The number of carbonyl (C=O) groups excluding carboxylic acids is 1. The number of carbonyl (C=O) groups is 1. The van der Waals surface area contributed by atoms with Crippen molar-refractivity contribution in [2.24, 2.45) is 0 Å². The molecule has 0 radical (unpaired) electrons. The van der Waals surface area contributed by atoms with Crippen LogP contribution in [0.15, 0.2) is 103 Å². The van der Waals surface area contributed by atoms with Crippen LogP contribution < -0.4 is 20.1 Å². The van der Waals surface area contributed by atoms with Crippen LogP contribution in [0.5, 0.6) is 11.5 Å². The van der Waals surface area contributed by atoms with Gasteiger partial charge in [-0.25, -0.2) is 0 Å². The van der Waals surface area contributed by atoms with Crippen LogP contribution in [0.3, 0.4) is 0 Å². The van der Waals surface area contributed by atoms with E-state index in [1.165, 1.54) is 0 Å². The second-order valence-corrected chi connectivity index (χ2v) is 8.15. The molecule has 6 heteroatoms. The van der Waals surface area contributed by atoms with Gasteiger partial charge >= 0.3 is 0 Å². The Bertz CT molecular complexity index is 1320. The number of amides is 1. The van der Waals surface area contributed by atoms with E-state index in [2.05, 4.69) is 16.7 Å². The van der Waals surface area contributed by atoms with Crippen LogP contribution in [-0.2, 0) is 17.9 Å². The average Bonchev–Trinajstić information content (AvgIpc) is 2.95. The van der Waals surface area contributed by atoms with E-state index in [-0.39, 0.29) is 5.91 Å². The molecule has 0 unspecified atom stereocenters. The fourth-order valence-corrected chi connectivity index (χ4v) is 3.71. The largest absolute Gasteiger partial charge is 0.493 e. The number of ether oxygens (including phenoxy) is 2. The molecule has 4 rings (SSSR count). The second-order valence-electron chi connectivity index (χ2n) is 8.15. The fraction of sp³-hybridized carbons (Fsp3) is 0.133. The molecule has 36 heavy (non-hydrogen) atoms. The summed E-state index contributed by atoms with van der Waals surface area (Å²) in [6.07, 6.45) is 0. The van der Waals surface area contributed by atoms with Crippen LogP contribution in [0.2, 0.25) is 0 Å². The zero-order valence-electron chi connectivity index (χ0n) is 20.0. The van der Waals surface area contributed by atoms with Gasteiger partial charge in [-0.05, 0) is 53.1 Å². The minimum atomic E-state index is -0.696. The maximum Gasteiger partial charge on any atom is 0.247 e. The summed E-state index contributed by atoms with van der Waals surface area (Å²) >= 11 is 0. The molecule has 180 valence electrons. The average molecular weight is 478 g/mol. The first-order valence-corrected chi connectivity index (χ1v) is 11.6. The van der Waals surface area contributed by atoms with Gasteiger partial charge < -0.3 is 20.1 Å². The maximum atomic E-state index is 13.3. The topological polar surface area (TPSA) is 83.4 Å². The van der Waals surface area contributed by atoms with E-state index in [4.69, 9.17) is 14.7 Å². The molecule has 0 bridgehead atoms. The first kappa shape index (κ1) is 24.4. The lowest BCUT2D eigenvalue weighted by Crippen LogP contribution is -2.33. The van der Waals surface area contributed by atoms with Gasteiger partial charge in [0.05, 0.1) is 18.7 Å². The number of benzene rings is 4. The highest BCUT2D eigenvalue weighted by molar-refractivity contribution is 5.86. The Kier molecular flexibility index (Phi) is 8.18.